The van der Waals surface area contributed by atoms with Crippen molar-refractivity contribution >= 4 is 34.3 Å². The van der Waals surface area contributed by atoms with Crippen molar-refractivity contribution in [3.63, 3.8) is 0 Å². The van der Waals surface area contributed by atoms with Gasteiger partial charge in [-0.25, -0.2) is 9.48 Å². The molecular formula is C16H15ClN4O2S. The molecule has 1 aromatic carbocycles. The molecule has 0 radical (unpaired) electrons. The normalized spacial score (nSPS) is 14.4. The standard InChI is InChI=1S/C16H15ClN4O2S/c1-2-9-5-14-12(7-13(9)17)10(6-15(22)23-14)8-24-16-18-19-20-21(16)11-3-4-11/h5-7,11H,2-4,8H2,1H3. The number of hydrogen-bond donors (Lipinski definition) is 0. The molecule has 0 saturated heterocycles. The van der Waals surface area contributed by atoms with Crippen LogP contribution >= 0.6 is 23.4 Å². The van der Waals surface area contributed by atoms with E-state index >= 15 is 0 Å². The van der Waals surface area contributed by atoms with E-state index in [1.165, 1.54) is 17.8 Å². The molecule has 6 nitrogen and oxygen atoms in total. The Balaban J connectivity index is 1.69. The van der Waals surface area contributed by atoms with Gasteiger partial charge >= 0.3 is 5.63 Å². The molecule has 3 aromatic rings. The Kier molecular flexibility index (Phi) is 4.05. The van der Waals surface area contributed by atoms with Crippen LogP contribution in [0.2, 0.25) is 5.02 Å². The van der Waals surface area contributed by atoms with Crippen LogP contribution in [0.4, 0.5) is 0 Å². The highest BCUT2D eigenvalue weighted by Gasteiger charge is 2.28. The van der Waals surface area contributed by atoms with Gasteiger partial charge < -0.3 is 4.42 Å². The maximum Gasteiger partial charge on any atom is 0.336 e. The summed E-state index contributed by atoms with van der Waals surface area (Å²) in [6.45, 7) is 2.02. The molecule has 0 spiro atoms. The lowest BCUT2D eigenvalue weighted by Crippen LogP contribution is -2.02. The Morgan fingerprint density at radius 2 is 2.17 bits per heavy atom. The van der Waals surface area contributed by atoms with Gasteiger partial charge in [0.2, 0.25) is 5.16 Å². The molecule has 0 bridgehead atoms. The summed E-state index contributed by atoms with van der Waals surface area (Å²) in [5, 5.41) is 14.2. The zero-order valence-corrected chi connectivity index (χ0v) is 14.6. The average Bonchev–Trinajstić information content (AvgIpc) is 3.31. The van der Waals surface area contributed by atoms with E-state index in [0.717, 1.165) is 40.9 Å². The summed E-state index contributed by atoms with van der Waals surface area (Å²) in [5.74, 6) is 0.580. The number of thioether (sulfide) groups is 1. The largest absolute Gasteiger partial charge is 0.423 e. The van der Waals surface area contributed by atoms with E-state index < -0.39 is 0 Å². The summed E-state index contributed by atoms with van der Waals surface area (Å²) in [6.07, 6.45) is 3.02. The van der Waals surface area contributed by atoms with Crippen LogP contribution in [-0.4, -0.2) is 20.2 Å². The quantitative estimate of drug-likeness (QED) is 0.509. The van der Waals surface area contributed by atoms with Crippen LogP contribution in [0.25, 0.3) is 11.0 Å². The van der Waals surface area contributed by atoms with Crippen molar-refractivity contribution in [2.45, 2.75) is 43.1 Å². The first-order valence-corrected chi connectivity index (χ1v) is 9.18. The number of benzene rings is 1. The lowest BCUT2D eigenvalue weighted by Gasteiger charge is -2.08. The van der Waals surface area contributed by atoms with Gasteiger partial charge in [-0.15, -0.1) is 5.10 Å². The number of tetrazole rings is 1. The van der Waals surface area contributed by atoms with Crippen molar-refractivity contribution < 1.29 is 4.42 Å². The number of aromatic nitrogens is 4. The van der Waals surface area contributed by atoms with E-state index in [0.29, 0.717) is 22.4 Å². The maximum absolute atomic E-state index is 11.9. The van der Waals surface area contributed by atoms with Gasteiger partial charge in [0.05, 0.1) is 6.04 Å². The lowest BCUT2D eigenvalue weighted by atomic mass is 10.1. The highest BCUT2D eigenvalue weighted by atomic mass is 35.5. The van der Waals surface area contributed by atoms with Crippen molar-refractivity contribution in [2.75, 3.05) is 0 Å². The summed E-state index contributed by atoms with van der Waals surface area (Å²) < 4.78 is 7.20. The van der Waals surface area contributed by atoms with Crippen LogP contribution in [0.1, 0.15) is 36.9 Å². The first kappa shape index (κ1) is 15.7. The van der Waals surface area contributed by atoms with Crippen molar-refractivity contribution in [1.29, 1.82) is 0 Å². The minimum atomic E-state index is -0.357. The molecular weight excluding hydrogens is 348 g/mol. The second-order valence-electron chi connectivity index (χ2n) is 5.81. The van der Waals surface area contributed by atoms with E-state index in [4.69, 9.17) is 16.0 Å². The van der Waals surface area contributed by atoms with Gasteiger partial charge in [0, 0.05) is 22.2 Å². The van der Waals surface area contributed by atoms with E-state index in [1.54, 1.807) is 0 Å². The van der Waals surface area contributed by atoms with Crippen LogP contribution in [-0.2, 0) is 12.2 Å². The first-order chi connectivity index (χ1) is 11.7. The molecule has 124 valence electrons. The molecule has 1 aliphatic carbocycles. The van der Waals surface area contributed by atoms with Crippen molar-refractivity contribution in [1.82, 2.24) is 20.2 Å². The molecule has 0 N–H and O–H groups in total. The predicted molar refractivity (Wildman–Crippen MR) is 92.5 cm³/mol. The predicted octanol–water partition coefficient (Wildman–Crippen LogP) is 3.62. The summed E-state index contributed by atoms with van der Waals surface area (Å²) in [6, 6.07) is 5.66. The van der Waals surface area contributed by atoms with E-state index in [1.807, 2.05) is 23.7 Å². The third-order valence-electron chi connectivity index (χ3n) is 4.09. The van der Waals surface area contributed by atoms with Gasteiger partial charge in [0.15, 0.2) is 0 Å². The Morgan fingerprint density at radius 1 is 1.33 bits per heavy atom. The highest BCUT2D eigenvalue weighted by molar-refractivity contribution is 7.98. The summed E-state index contributed by atoms with van der Waals surface area (Å²) in [4.78, 5) is 11.9. The number of rotatable bonds is 5. The fraction of sp³-hybridized carbons (Fsp3) is 0.375. The van der Waals surface area contributed by atoms with Gasteiger partial charge in [-0.3, -0.25) is 0 Å². The minimum absolute atomic E-state index is 0.357. The molecule has 2 aromatic heterocycles. The Labute approximate surface area is 147 Å². The first-order valence-electron chi connectivity index (χ1n) is 7.81. The van der Waals surface area contributed by atoms with Crippen LogP contribution < -0.4 is 5.63 Å². The highest BCUT2D eigenvalue weighted by Crippen LogP contribution is 2.37. The summed E-state index contributed by atoms with van der Waals surface area (Å²) in [7, 11) is 0. The summed E-state index contributed by atoms with van der Waals surface area (Å²) in [5.41, 5.74) is 2.06. The van der Waals surface area contributed by atoms with Crippen LogP contribution in [0, 0.1) is 0 Å². The van der Waals surface area contributed by atoms with Gasteiger partial charge in [-0.2, -0.15) is 0 Å². The molecule has 0 atom stereocenters. The maximum atomic E-state index is 11.9. The molecule has 4 rings (SSSR count). The average molecular weight is 363 g/mol. The molecule has 24 heavy (non-hydrogen) atoms. The van der Waals surface area contributed by atoms with E-state index in [-0.39, 0.29) is 5.63 Å². The SMILES string of the molecule is CCc1cc2oc(=O)cc(CSc3nnnn3C3CC3)c2cc1Cl. The Bertz CT molecular complexity index is 964. The Morgan fingerprint density at radius 3 is 2.92 bits per heavy atom. The summed E-state index contributed by atoms with van der Waals surface area (Å²) >= 11 is 7.84. The molecule has 1 aliphatic rings. The molecule has 2 heterocycles. The van der Waals surface area contributed by atoms with Gasteiger partial charge in [-0.1, -0.05) is 30.3 Å². The minimum Gasteiger partial charge on any atom is -0.423 e. The van der Waals surface area contributed by atoms with Crippen LogP contribution in [0.15, 0.2) is 32.6 Å². The molecule has 0 amide bonds. The second kappa shape index (κ2) is 6.22. The number of fused-ring (bicyclic) bond motifs is 1. The zero-order chi connectivity index (χ0) is 16.7. The van der Waals surface area contributed by atoms with Crippen molar-refractivity contribution in [3.8, 4) is 0 Å². The molecule has 0 unspecified atom stereocenters. The molecule has 1 fully saturated rings. The topological polar surface area (TPSA) is 73.8 Å². The Hall–Kier alpha value is -1.86. The van der Waals surface area contributed by atoms with Gasteiger partial charge in [0.1, 0.15) is 5.58 Å². The zero-order valence-electron chi connectivity index (χ0n) is 13.0. The van der Waals surface area contributed by atoms with Crippen molar-refractivity contribution in [2.24, 2.45) is 0 Å². The number of halogens is 1. The van der Waals surface area contributed by atoms with Gasteiger partial charge in [0.25, 0.3) is 0 Å². The van der Waals surface area contributed by atoms with Crippen molar-refractivity contribution in [3.05, 3.63) is 44.8 Å². The van der Waals surface area contributed by atoms with Gasteiger partial charge in [-0.05, 0) is 52.9 Å². The van der Waals surface area contributed by atoms with Crippen LogP contribution in [0.3, 0.4) is 0 Å². The number of nitrogens with zero attached hydrogens (tertiary/aromatic N) is 4. The lowest BCUT2D eigenvalue weighted by molar-refractivity contribution is 0.559. The third kappa shape index (κ3) is 2.93. The molecule has 8 heteroatoms. The van der Waals surface area contributed by atoms with E-state index in [9.17, 15) is 4.79 Å². The smallest absolute Gasteiger partial charge is 0.336 e. The third-order valence-corrected chi connectivity index (χ3v) is 5.42. The molecule has 0 aliphatic heterocycles. The number of aryl methyl sites for hydroxylation is 1. The fourth-order valence-electron chi connectivity index (χ4n) is 2.65. The van der Waals surface area contributed by atoms with E-state index in [2.05, 4.69) is 15.5 Å². The fourth-order valence-corrected chi connectivity index (χ4v) is 3.88. The molecule has 1 saturated carbocycles. The second-order valence-corrected chi connectivity index (χ2v) is 7.16. The number of hydrogen-bond acceptors (Lipinski definition) is 6. The van der Waals surface area contributed by atoms with Crippen LogP contribution in [0.5, 0.6) is 0 Å². The monoisotopic (exact) mass is 362 g/mol.